The number of carbonyl (C=O) groups excluding carboxylic acids is 11. The molecular formula is C45H69N11O12S. The van der Waals surface area contributed by atoms with E-state index in [1.807, 2.05) is 0 Å². The Morgan fingerprint density at radius 2 is 1.49 bits per heavy atom. The molecule has 0 radical (unpaired) electrons. The molecule has 1 aromatic carbocycles. The van der Waals surface area contributed by atoms with Gasteiger partial charge in [0.25, 0.3) is 0 Å². The fraction of sp³-hybridized carbons (Fsp3) is 0.622. The molecule has 0 spiro atoms. The Morgan fingerprint density at radius 1 is 0.841 bits per heavy atom. The number of methoxy groups -OCH3 is 1. The van der Waals surface area contributed by atoms with Crippen LogP contribution in [-0.4, -0.2) is 144 Å². The van der Waals surface area contributed by atoms with E-state index in [2.05, 4.69) is 37.2 Å². The minimum absolute atomic E-state index is 0.00638. The standard InChI is InChI=1S/C45H69N11O12S/c1-6-25(4)38-44(66)51-28(15-16-34(46)57)40(62)52-31(21-35(47)58)41(63)54-32(23-69-18-8-10-37(60)50-30(42(64)55-38)20-26-11-13-27(68-5)14-12-26)45(67)56-17-7-9-33(56)43(65)53-29(19-24(2)3)39(61)49-22-36(48)59/h11-14,24-25,28-33,38H,6-10,15-23H2,1-5H3,(H2,46,57)(H2,47,58)(H2,48,59)(H,49,61)(H,50,60)(H,51,66)(H,52,62)(H,53,65)(H,54,63)(H,55,64)/t25-,28-,29-,30-,31-,32-,33-,38-/m0/s1/i33D. The van der Waals surface area contributed by atoms with Gasteiger partial charge in [0.2, 0.25) is 65.0 Å². The van der Waals surface area contributed by atoms with Crippen molar-refractivity contribution in [2.24, 2.45) is 29.0 Å². The average Bonchev–Trinajstić information content (AvgIpc) is 3.71. The number of nitrogens with two attached hydrogens (primary N) is 3. The van der Waals surface area contributed by atoms with Crippen LogP contribution >= 0.6 is 11.8 Å². The Labute approximate surface area is 407 Å². The molecule has 2 fully saturated rings. The summed E-state index contributed by atoms with van der Waals surface area (Å²) < 4.78 is 14.6. The summed E-state index contributed by atoms with van der Waals surface area (Å²) in [5, 5.41) is 17.9. The molecule has 24 heteroatoms. The quantitative estimate of drug-likeness (QED) is 0.0728. The first-order chi connectivity index (χ1) is 33.0. The van der Waals surface area contributed by atoms with Crippen molar-refractivity contribution in [3.05, 3.63) is 29.8 Å². The molecule has 11 amide bonds. The lowest BCUT2D eigenvalue weighted by molar-refractivity contribution is -0.142. The molecule has 2 aliphatic heterocycles. The summed E-state index contributed by atoms with van der Waals surface area (Å²) in [6.07, 6.45) is -1.04. The number of nitrogens with zero attached hydrogens (tertiary/aromatic N) is 1. The van der Waals surface area contributed by atoms with E-state index in [1.54, 1.807) is 52.0 Å². The molecule has 382 valence electrons. The van der Waals surface area contributed by atoms with E-state index in [4.69, 9.17) is 21.9 Å². The summed E-state index contributed by atoms with van der Waals surface area (Å²) >= 11 is 1.12. The summed E-state index contributed by atoms with van der Waals surface area (Å²) in [5.74, 6) is -9.73. The summed E-state index contributed by atoms with van der Waals surface area (Å²) in [4.78, 5) is 148. The smallest absolute Gasteiger partial charge is 0.246 e. The maximum absolute atomic E-state index is 14.6. The van der Waals surface area contributed by atoms with Crippen molar-refractivity contribution >= 4 is 76.7 Å². The number of thioether (sulfide) groups is 1. The highest BCUT2D eigenvalue weighted by Gasteiger charge is 2.40. The second-order valence-corrected chi connectivity index (χ2v) is 18.6. The second-order valence-electron chi connectivity index (χ2n) is 17.5. The fourth-order valence-corrected chi connectivity index (χ4v) is 8.47. The summed E-state index contributed by atoms with van der Waals surface area (Å²) in [5.41, 5.74) is 16.8. The van der Waals surface area contributed by atoms with Crippen LogP contribution in [0.15, 0.2) is 24.3 Å². The summed E-state index contributed by atoms with van der Waals surface area (Å²) in [6, 6.07) is -4.06. The van der Waals surface area contributed by atoms with E-state index in [-0.39, 0.29) is 68.9 Å². The minimum atomic E-state index is -2.29. The number of ether oxygens (including phenoxy) is 1. The first-order valence-electron chi connectivity index (χ1n) is 23.5. The predicted octanol–water partition coefficient (Wildman–Crippen LogP) is -2.50. The molecule has 69 heavy (non-hydrogen) atoms. The van der Waals surface area contributed by atoms with Crippen molar-refractivity contribution in [2.75, 3.05) is 31.7 Å². The zero-order valence-corrected chi connectivity index (χ0v) is 40.6. The Bertz CT molecular complexity index is 2080. The molecule has 3 rings (SSSR count). The van der Waals surface area contributed by atoms with Crippen LogP contribution in [0.2, 0.25) is 0 Å². The minimum Gasteiger partial charge on any atom is -0.497 e. The van der Waals surface area contributed by atoms with Gasteiger partial charge in [-0.15, -0.1) is 0 Å². The monoisotopic (exact) mass is 988 g/mol. The number of primary amides is 3. The predicted molar refractivity (Wildman–Crippen MR) is 253 cm³/mol. The van der Waals surface area contributed by atoms with Gasteiger partial charge in [-0.25, -0.2) is 0 Å². The van der Waals surface area contributed by atoms with E-state index in [9.17, 15) is 54.1 Å². The zero-order valence-electron chi connectivity index (χ0n) is 40.8. The molecule has 0 aliphatic carbocycles. The molecule has 2 aliphatic rings. The van der Waals surface area contributed by atoms with Crippen molar-refractivity contribution in [2.45, 2.75) is 134 Å². The Kier molecular flexibility index (Phi) is 22.5. The first kappa shape index (κ1) is 55.1. The third-order valence-corrected chi connectivity index (χ3v) is 12.5. The Hall–Kier alpha value is -6.46. The molecule has 23 nitrogen and oxygen atoms in total. The van der Waals surface area contributed by atoms with Crippen LogP contribution in [0.4, 0.5) is 0 Å². The van der Waals surface area contributed by atoms with Gasteiger partial charge in [0.05, 0.1) is 21.4 Å². The van der Waals surface area contributed by atoms with Crippen LogP contribution in [0.1, 0.15) is 92.4 Å². The molecule has 0 unspecified atom stereocenters. The number of benzene rings is 1. The van der Waals surface area contributed by atoms with Crippen LogP contribution in [0.3, 0.4) is 0 Å². The number of rotatable bonds is 18. The average molecular weight is 989 g/mol. The van der Waals surface area contributed by atoms with Crippen LogP contribution in [0, 0.1) is 11.8 Å². The van der Waals surface area contributed by atoms with Crippen molar-refractivity contribution in [3.8, 4) is 5.75 Å². The number of carbonyl (C=O) groups is 11. The molecule has 8 atom stereocenters. The highest BCUT2D eigenvalue weighted by atomic mass is 32.2. The zero-order chi connectivity index (χ0) is 52.3. The Balaban J connectivity index is 2.05. The third-order valence-electron chi connectivity index (χ3n) is 11.4. The summed E-state index contributed by atoms with van der Waals surface area (Å²) in [7, 11) is 1.49. The number of nitrogens with one attached hydrogen (secondary N) is 7. The van der Waals surface area contributed by atoms with E-state index >= 15 is 0 Å². The molecular weight excluding hydrogens is 919 g/mol. The molecule has 13 N–H and O–H groups in total. The molecule has 2 saturated heterocycles. The van der Waals surface area contributed by atoms with Crippen molar-refractivity contribution in [3.63, 3.8) is 0 Å². The van der Waals surface area contributed by atoms with Gasteiger partial charge < -0.3 is 64.1 Å². The van der Waals surface area contributed by atoms with Crippen molar-refractivity contribution in [1.29, 1.82) is 0 Å². The normalized spacial score (nSPS) is 24.4. The van der Waals surface area contributed by atoms with Crippen molar-refractivity contribution in [1.82, 2.24) is 42.1 Å². The SMILES string of the molecule is [2H][C@@]1(C(=O)N[C@@H](CC(C)C)C(=O)NCC(N)=O)CCCN1C(=O)[C@@H]1CSCCCC(=O)N[C@@H](Cc2ccc(OC)cc2)C(=O)N[C@@H]([C@@H](C)CC)C(=O)N[C@@H](CCC(N)=O)C(=O)N[C@@H](CC(N)=O)C(=O)N1. The van der Waals surface area contributed by atoms with Gasteiger partial charge in [-0.1, -0.05) is 46.2 Å². The highest BCUT2D eigenvalue weighted by molar-refractivity contribution is 7.99. The van der Waals surface area contributed by atoms with E-state index in [1.165, 1.54) is 7.11 Å². The van der Waals surface area contributed by atoms with Crippen LogP contribution in [0.25, 0.3) is 0 Å². The lowest BCUT2D eigenvalue weighted by Gasteiger charge is -2.31. The molecule has 0 bridgehead atoms. The third kappa shape index (κ3) is 18.9. The Morgan fingerprint density at radius 3 is 2.10 bits per heavy atom. The van der Waals surface area contributed by atoms with Gasteiger partial charge in [0, 0.05) is 31.6 Å². The molecule has 2 heterocycles. The van der Waals surface area contributed by atoms with Gasteiger partial charge in [0.1, 0.15) is 48.0 Å². The number of amides is 11. The second kappa shape index (κ2) is 28.1. The maximum atomic E-state index is 14.6. The van der Waals surface area contributed by atoms with Gasteiger partial charge in [-0.3, -0.25) is 52.7 Å². The lowest BCUT2D eigenvalue weighted by atomic mass is 9.96. The van der Waals surface area contributed by atoms with E-state index in [0.717, 1.165) is 16.7 Å². The molecule has 1 aromatic rings. The van der Waals surface area contributed by atoms with E-state index in [0.29, 0.717) is 17.7 Å². The number of likely N-dealkylation sites (tertiary alicyclic amines) is 1. The number of hydrogen-bond donors (Lipinski definition) is 10. The molecule has 0 saturated carbocycles. The van der Waals surface area contributed by atoms with Gasteiger partial charge >= 0.3 is 0 Å². The maximum Gasteiger partial charge on any atom is 0.246 e. The largest absolute Gasteiger partial charge is 0.497 e. The topological polar surface area (TPSA) is 363 Å². The number of hydrogen-bond acceptors (Lipinski definition) is 13. The molecule has 0 aromatic heterocycles. The van der Waals surface area contributed by atoms with Crippen LogP contribution in [0.5, 0.6) is 5.75 Å². The van der Waals surface area contributed by atoms with Crippen LogP contribution in [-0.2, 0) is 59.2 Å². The summed E-state index contributed by atoms with van der Waals surface area (Å²) in [6.45, 7) is 6.38. The van der Waals surface area contributed by atoms with Gasteiger partial charge in [-0.2, -0.15) is 11.8 Å². The lowest BCUT2D eigenvalue weighted by Crippen LogP contribution is -2.61. The first-order valence-corrected chi connectivity index (χ1v) is 24.1. The van der Waals surface area contributed by atoms with Crippen molar-refractivity contribution < 1.29 is 58.8 Å². The van der Waals surface area contributed by atoms with E-state index < -0.39 is 133 Å². The van der Waals surface area contributed by atoms with Crippen LogP contribution < -0.4 is 59.2 Å². The van der Waals surface area contributed by atoms with Gasteiger partial charge in [-0.05, 0) is 67.4 Å². The highest BCUT2D eigenvalue weighted by Crippen LogP contribution is 2.22. The fourth-order valence-electron chi connectivity index (χ4n) is 7.50. The van der Waals surface area contributed by atoms with Gasteiger partial charge in [0.15, 0.2) is 0 Å².